The third kappa shape index (κ3) is 4.77. The molecule has 21 heavy (non-hydrogen) atoms. The number of hydrogen-bond acceptors (Lipinski definition) is 4. The van der Waals surface area contributed by atoms with Crippen molar-refractivity contribution in [3.8, 4) is 0 Å². The minimum absolute atomic E-state index is 0.00433. The van der Waals surface area contributed by atoms with Crippen LogP contribution >= 0.6 is 0 Å². The Morgan fingerprint density at radius 2 is 1.43 bits per heavy atom. The van der Waals surface area contributed by atoms with Gasteiger partial charge in [0.1, 0.15) is 0 Å². The molecule has 0 unspecified atom stereocenters. The SMILES string of the molecule is CCCNS(=O)(=O)c1ccc(C)c(S(=O)(=O)NCCC)c1. The molecule has 2 N–H and O–H groups in total. The Morgan fingerprint density at radius 3 is 1.95 bits per heavy atom. The second-order valence-corrected chi connectivity index (χ2v) is 8.23. The summed E-state index contributed by atoms with van der Waals surface area (Å²) in [4.78, 5) is -0.0475. The van der Waals surface area contributed by atoms with Gasteiger partial charge in [-0.15, -0.1) is 0 Å². The Balaban J connectivity index is 3.23. The van der Waals surface area contributed by atoms with E-state index in [4.69, 9.17) is 0 Å². The van der Waals surface area contributed by atoms with E-state index < -0.39 is 20.0 Å². The van der Waals surface area contributed by atoms with Crippen LogP contribution in [-0.2, 0) is 20.0 Å². The molecule has 0 aliphatic heterocycles. The first-order valence-electron chi connectivity index (χ1n) is 6.84. The maximum Gasteiger partial charge on any atom is 0.240 e. The Morgan fingerprint density at radius 1 is 0.905 bits per heavy atom. The largest absolute Gasteiger partial charge is 0.240 e. The molecule has 0 radical (unpaired) electrons. The van der Waals surface area contributed by atoms with Gasteiger partial charge in [0.05, 0.1) is 9.79 Å². The van der Waals surface area contributed by atoms with Crippen LogP contribution in [0, 0.1) is 6.92 Å². The number of sulfonamides is 2. The van der Waals surface area contributed by atoms with E-state index in [0.717, 1.165) is 0 Å². The van der Waals surface area contributed by atoms with E-state index in [0.29, 0.717) is 31.5 Å². The van der Waals surface area contributed by atoms with E-state index in [2.05, 4.69) is 9.44 Å². The highest BCUT2D eigenvalue weighted by molar-refractivity contribution is 7.90. The van der Waals surface area contributed by atoms with E-state index in [-0.39, 0.29) is 9.79 Å². The minimum atomic E-state index is -3.70. The molecule has 0 fully saturated rings. The third-order valence-corrected chi connectivity index (χ3v) is 5.91. The second-order valence-electron chi connectivity index (χ2n) is 4.72. The maximum atomic E-state index is 12.2. The van der Waals surface area contributed by atoms with Gasteiger partial charge in [-0.1, -0.05) is 19.9 Å². The van der Waals surface area contributed by atoms with Crippen LogP contribution < -0.4 is 9.44 Å². The normalized spacial score (nSPS) is 12.5. The highest BCUT2D eigenvalue weighted by atomic mass is 32.2. The van der Waals surface area contributed by atoms with E-state index in [1.165, 1.54) is 18.2 Å². The fraction of sp³-hybridized carbons (Fsp3) is 0.538. The monoisotopic (exact) mass is 334 g/mol. The van der Waals surface area contributed by atoms with Gasteiger partial charge < -0.3 is 0 Å². The molecule has 6 nitrogen and oxygen atoms in total. The van der Waals surface area contributed by atoms with Crippen molar-refractivity contribution in [2.24, 2.45) is 0 Å². The van der Waals surface area contributed by atoms with Crippen LogP contribution in [0.3, 0.4) is 0 Å². The van der Waals surface area contributed by atoms with Crippen molar-refractivity contribution in [3.05, 3.63) is 23.8 Å². The molecule has 0 aliphatic carbocycles. The van der Waals surface area contributed by atoms with Gasteiger partial charge in [-0.25, -0.2) is 26.3 Å². The zero-order valence-electron chi connectivity index (χ0n) is 12.5. The van der Waals surface area contributed by atoms with Crippen molar-refractivity contribution < 1.29 is 16.8 Å². The number of rotatable bonds is 8. The highest BCUT2D eigenvalue weighted by Crippen LogP contribution is 2.20. The van der Waals surface area contributed by atoms with Crippen LogP contribution in [0.5, 0.6) is 0 Å². The lowest BCUT2D eigenvalue weighted by molar-refractivity contribution is 0.578. The Labute approximate surface area is 127 Å². The summed E-state index contributed by atoms with van der Waals surface area (Å²) >= 11 is 0. The summed E-state index contributed by atoms with van der Waals surface area (Å²) in [5.41, 5.74) is 0.507. The molecule has 0 bridgehead atoms. The summed E-state index contributed by atoms with van der Waals surface area (Å²) in [6.45, 7) is 5.96. The lowest BCUT2D eigenvalue weighted by Gasteiger charge is -2.11. The van der Waals surface area contributed by atoms with Gasteiger partial charge in [0.25, 0.3) is 0 Å². The van der Waals surface area contributed by atoms with Gasteiger partial charge in [0, 0.05) is 13.1 Å². The van der Waals surface area contributed by atoms with Crippen LogP contribution in [0.25, 0.3) is 0 Å². The van der Waals surface area contributed by atoms with Crippen molar-refractivity contribution in [2.75, 3.05) is 13.1 Å². The Bertz CT molecular complexity index is 682. The zero-order chi connectivity index (χ0) is 16.1. The molecule has 0 atom stereocenters. The molecule has 0 saturated carbocycles. The molecule has 0 saturated heterocycles. The molecular formula is C13H22N2O4S2. The first-order chi connectivity index (χ1) is 9.74. The van der Waals surface area contributed by atoms with Crippen molar-refractivity contribution in [1.82, 2.24) is 9.44 Å². The van der Waals surface area contributed by atoms with E-state index in [1.807, 2.05) is 13.8 Å². The fourth-order valence-corrected chi connectivity index (χ4v) is 4.31. The number of nitrogens with one attached hydrogen (secondary N) is 2. The van der Waals surface area contributed by atoms with Crippen molar-refractivity contribution in [1.29, 1.82) is 0 Å². The van der Waals surface area contributed by atoms with Gasteiger partial charge in [-0.05, 0) is 37.5 Å². The van der Waals surface area contributed by atoms with Gasteiger partial charge in [0.2, 0.25) is 20.0 Å². The molecule has 0 spiro atoms. The summed E-state index contributed by atoms with van der Waals surface area (Å²) in [6.07, 6.45) is 1.32. The average molecular weight is 334 g/mol. The summed E-state index contributed by atoms with van der Waals surface area (Å²) in [5, 5.41) is 0. The lowest BCUT2D eigenvalue weighted by atomic mass is 10.2. The summed E-state index contributed by atoms with van der Waals surface area (Å²) < 4.78 is 53.4. The molecule has 120 valence electrons. The van der Waals surface area contributed by atoms with Crippen LogP contribution in [0.1, 0.15) is 32.3 Å². The van der Waals surface area contributed by atoms with Crippen molar-refractivity contribution in [3.63, 3.8) is 0 Å². The number of hydrogen-bond donors (Lipinski definition) is 2. The predicted octanol–water partition coefficient (Wildman–Crippen LogP) is 1.37. The standard InChI is InChI=1S/C13H22N2O4S2/c1-4-8-14-20(16,17)12-7-6-11(3)13(10-12)21(18,19)15-9-5-2/h6-7,10,14-15H,4-5,8-9H2,1-3H3. The highest BCUT2D eigenvalue weighted by Gasteiger charge is 2.21. The summed E-state index contributed by atoms with van der Waals surface area (Å²) in [6, 6.07) is 4.11. The van der Waals surface area contributed by atoms with Crippen LogP contribution in [0.2, 0.25) is 0 Å². The van der Waals surface area contributed by atoms with Crippen molar-refractivity contribution in [2.45, 2.75) is 43.4 Å². The Hall–Kier alpha value is -0.960. The molecular weight excluding hydrogens is 312 g/mol. The molecule has 0 amide bonds. The molecule has 0 heterocycles. The van der Waals surface area contributed by atoms with Gasteiger partial charge in [0.15, 0.2) is 0 Å². The molecule has 1 aromatic carbocycles. The van der Waals surface area contributed by atoms with Gasteiger partial charge in [-0.3, -0.25) is 0 Å². The van der Waals surface area contributed by atoms with Crippen LogP contribution in [-0.4, -0.2) is 29.9 Å². The topological polar surface area (TPSA) is 92.3 Å². The van der Waals surface area contributed by atoms with E-state index >= 15 is 0 Å². The fourth-order valence-electron chi connectivity index (χ4n) is 1.67. The summed E-state index contributed by atoms with van der Waals surface area (Å²) in [5.74, 6) is 0. The molecule has 1 aromatic rings. The molecule has 8 heteroatoms. The maximum absolute atomic E-state index is 12.2. The number of aryl methyl sites for hydroxylation is 1. The van der Waals surface area contributed by atoms with Gasteiger partial charge in [-0.2, -0.15) is 0 Å². The van der Waals surface area contributed by atoms with Crippen LogP contribution in [0.15, 0.2) is 28.0 Å². The molecule has 0 aliphatic rings. The Kier molecular flexibility index (Phi) is 6.33. The second kappa shape index (κ2) is 7.35. The predicted molar refractivity (Wildman–Crippen MR) is 82.1 cm³/mol. The van der Waals surface area contributed by atoms with E-state index in [1.54, 1.807) is 6.92 Å². The quantitative estimate of drug-likeness (QED) is 0.751. The zero-order valence-corrected chi connectivity index (χ0v) is 14.1. The van der Waals surface area contributed by atoms with Gasteiger partial charge >= 0.3 is 0 Å². The lowest BCUT2D eigenvalue weighted by Crippen LogP contribution is -2.27. The average Bonchev–Trinajstić information content (AvgIpc) is 2.43. The van der Waals surface area contributed by atoms with Crippen LogP contribution in [0.4, 0.5) is 0 Å². The molecule has 0 aromatic heterocycles. The van der Waals surface area contributed by atoms with E-state index in [9.17, 15) is 16.8 Å². The molecule has 1 rings (SSSR count). The minimum Gasteiger partial charge on any atom is -0.211 e. The number of benzene rings is 1. The first kappa shape index (κ1) is 18.1. The van der Waals surface area contributed by atoms with Crippen molar-refractivity contribution >= 4 is 20.0 Å². The summed E-state index contributed by atoms with van der Waals surface area (Å²) in [7, 11) is -7.38. The third-order valence-electron chi connectivity index (χ3n) is 2.84. The smallest absolute Gasteiger partial charge is 0.211 e. The first-order valence-corrected chi connectivity index (χ1v) is 9.81.